The quantitative estimate of drug-likeness (QED) is 0.821. The third-order valence-electron chi connectivity index (χ3n) is 1.51. The standard InChI is InChI=1S/C7H6IN3OS/c1-3-10-4(2-13-3)6-5(8)7(9)11-12-6/h2H,1H3,(H2,9,11). The highest BCUT2D eigenvalue weighted by Crippen LogP contribution is 2.29. The molecule has 2 N–H and O–H groups in total. The van der Waals surface area contributed by atoms with Crippen LogP contribution in [0.3, 0.4) is 0 Å². The molecule has 0 saturated heterocycles. The van der Waals surface area contributed by atoms with E-state index in [4.69, 9.17) is 10.3 Å². The van der Waals surface area contributed by atoms with Crippen molar-refractivity contribution in [3.05, 3.63) is 14.0 Å². The minimum Gasteiger partial charge on any atom is -0.380 e. The van der Waals surface area contributed by atoms with E-state index in [1.54, 1.807) is 11.3 Å². The van der Waals surface area contributed by atoms with Crippen LogP contribution in [0.4, 0.5) is 5.82 Å². The molecule has 4 nitrogen and oxygen atoms in total. The lowest BCUT2D eigenvalue weighted by atomic mass is 10.3. The maximum Gasteiger partial charge on any atom is 0.201 e. The third kappa shape index (κ3) is 1.55. The molecule has 0 atom stereocenters. The van der Waals surface area contributed by atoms with Crippen molar-refractivity contribution in [1.29, 1.82) is 0 Å². The van der Waals surface area contributed by atoms with Crippen LogP contribution in [0.1, 0.15) is 5.01 Å². The van der Waals surface area contributed by atoms with Gasteiger partial charge in [-0.2, -0.15) is 0 Å². The van der Waals surface area contributed by atoms with Gasteiger partial charge in [0.2, 0.25) is 5.76 Å². The monoisotopic (exact) mass is 307 g/mol. The molecule has 0 aliphatic carbocycles. The lowest BCUT2D eigenvalue weighted by Gasteiger charge is -1.87. The van der Waals surface area contributed by atoms with Gasteiger partial charge in [0.05, 0.1) is 5.01 Å². The van der Waals surface area contributed by atoms with Crippen LogP contribution in [0.15, 0.2) is 9.90 Å². The molecule has 2 aromatic heterocycles. The first-order chi connectivity index (χ1) is 6.18. The fourth-order valence-corrected chi connectivity index (χ4v) is 1.98. The van der Waals surface area contributed by atoms with Crippen molar-refractivity contribution in [2.75, 3.05) is 5.73 Å². The molecule has 0 aliphatic rings. The van der Waals surface area contributed by atoms with Gasteiger partial charge in [0.1, 0.15) is 9.26 Å². The summed E-state index contributed by atoms with van der Waals surface area (Å²) in [5.74, 6) is 1.07. The molecule has 0 unspecified atom stereocenters. The summed E-state index contributed by atoms with van der Waals surface area (Å²) in [4.78, 5) is 4.28. The molecule has 13 heavy (non-hydrogen) atoms. The minimum atomic E-state index is 0.418. The molecule has 0 saturated carbocycles. The molecule has 0 aromatic carbocycles. The lowest BCUT2D eigenvalue weighted by molar-refractivity contribution is 0.434. The highest BCUT2D eigenvalue weighted by atomic mass is 127. The zero-order valence-electron chi connectivity index (χ0n) is 6.74. The van der Waals surface area contributed by atoms with E-state index in [0.29, 0.717) is 11.6 Å². The molecule has 0 fully saturated rings. The number of thiazole rings is 1. The number of nitrogens with two attached hydrogens (primary N) is 1. The van der Waals surface area contributed by atoms with Crippen molar-refractivity contribution in [3.8, 4) is 11.5 Å². The van der Waals surface area contributed by atoms with Crippen molar-refractivity contribution in [2.45, 2.75) is 6.92 Å². The summed E-state index contributed by atoms with van der Waals surface area (Å²) in [5, 5.41) is 6.59. The first-order valence-electron chi connectivity index (χ1n) is 3.51. The average Bonchev–Trinajstić information content (AvgIpc) is 2.62. The number of rotatable bonds is 1. The number of nitrogen functional groups attached to an aromatic ring is 1. The van der Waals surface area contributed by atoms with Crippen LogP contribution in [0.25, 0.3) is 11.5 Å². The van der Waals surface area contributed by atoms with Gasteiger partial charge in [-0.25, -0.2) is 4.98 Å². The van der Waals surface area contributed by atoms with Crippen LogP contribution in [0, 0.1) is 10.5 Å². The van der Waals surface area contributed by atoms with Crippen molar-refractivity contribution in [2.24, 2.45) is 0 Å². The van der Waals surface area contributed by atoms with Crippen LogP contribution in [0.5, 0.6) is 0 Å². The van der Waals surface area contributed by atoms with Crippen LogP contribution in [-0.2, 0) is 0 Å². The normalized spacial score (nSPS) is 10.6. The van der Waals surface area contributed by atoms with Crippen LogP contribution in [0.2, 0.25) is 0 Å². The van der Waals surface area contributed by atoms with Crippen LogP contribution in [-0.4, -0.2) is 10.1 Å². The predicted octanol–water partition coefficient (Wildman–Crippen LogP) is 2.29. The van der Waals surface area contributed by atoms with E-state index in [-0.39, 0.29) is 0 Å². The summed E-state index contributed by atoms with van der Waals surface area (Å²) in [7, 11) is 0. The predicted molar refractivity (Wildman–Crippen MR) is 59.5 cm³/mol. The van der Waals surface area contributed by atoms with E-state index in [2.05, 4.69) is 32.7 Å². The Bertz CT molecular complexity index is 437. The molecule has 6 heteroatoms. The molecular weight excluding hydrogens is 301 g/mol. The van der Waals surface area contributed by atoms with E-state index < -0.39 is 0 Å². The molecule has 2 rings (SSSR count). The number of aromatic nitrogens is 2. The summed E-state index contributed by atoms with van der Waals surface area (Å²) in [6, 6.07) is 0. The van der Waals surface area contributed by atoms with E-state index >= 15 is 0 Å². The van der Waals surface area contributed by atoms with Gasteiger partial charge < -0.3 is 10.3 Å². The summed E-state index contributed by atoms with van der Waals surface area (Å²) in [6.07, 6.45) is 0. The fraction of sp³-hybridized carbons (Fsp3) is 0.143. The summed E-state index contributed by atoms with van der Waals surface area (Å²) >= 11 is 3.67. The topological polar surface area (TPSA) is 64.9 Å². The molecule has 68 valence electrons. The molecule has 0 bridgehead atoms. The molecule has 0 amide bonds. The molecule has 0 spiro atoms. The highest BCUT2D eigenvalue weighted by Gasteiger charge is 2.14. The van der Waals surface area contributed by atoms with Crippen LogP contribution < -0.4 is 5.73 Å². The first-order valence-corrected chi connectivity index (χ1v) is 5.47. The minimum absolute atomic E-state index is 0.418. The van der Waals surface area contributed by atoms with Gasteiger partial charge in [-0.05, 0) is 29.5 Å². The Hall–Kier alpha value is -0.630. The Balaban J connectivity index is 2.52. The number of hydrogen-bond acceptors (Lipinski definition) is 5. The van der Waals surface area contributed by atoms with Gasteiger partial charge >= 0.3 is 0 Å². The Kier molecular flexibility index (Phi) is 2.24. The number of hydrogen-bond donors (Lipinski definition) is 1. The Morgan fingerprint density at radius 2 is 2.38 bits per heavy atom. The molecule has 0 aliphatic heterocycles. The molecule has 2 aromatic rings. The van der Waals surface area contributed by atoms with Crippen LogP contribution >= 0.6 is 33.9 Å². The third-order valence-corrected chi connectivity index (χ3v) is 3.33. The zero-order chi connectivity index (χ0) is 9.42. The van der Waals surface area contributed by atoms with Gasteiger partial charge in [-0.1, -0.05) is 5.16 Å². The number of nitrogens with zero attached hydrogens (tertiary/aromatic N) is 2. The summed E-state index contributed by atoms with van der Waals surface area (Å²) in [5.41, 5.74) is 6.35. The van der Waals surface area contributed by atoms with Gasteiger partial charge in [0, 0.05) is 5.38 Å². The van der Waals surface area contributed by atoms with Gasteiger partial charge in [0.15, 0.2) is 5.82 Å². The SMILES string of the molecule is Cc1nc(-c2onc(N)c2I)cs1. The molecule has 0 radical (unpaired) electrons. The van der Waals surface area contributed by atoms with E-state index in [1.807, 2.05) is 12.3 Å². The number of aryl methyl sites for hydroxylation is 1. The number of halogens is 1. The van der Waals surface area contributed by atoms with E-state index in [1.165, 1.54) is 0 Å². The Morgan fingerprint density at radius 3 is 2.85 bits per heavy atom. The first kappa shape index (κ1) is 8.95. The van der Waals surface area contributed by atoms with Crippen molar-refractivity contribution >= 4 is 39.7 Å². The largest absolute Gasteiger partial charge is 0.380 e. The highest BCUT2D eigenvalue weighted by molar-refractivity contribution is 14.1. The summed E-state index contributed by atoms with van der Waals surface area (Å²) in [6.45, 7) is 1.95. The second-order valence-corrected chi connectivity index (χ2v) is 4.60. The van der Waals surface area contributed by atoms with Gasteiger partial charge in [-0.3, -0.25) is 0 Å². The Labute approximate surface area is 92.3 Å². The van der Waals surface area contributed by atoms with Crippen molar-refractivity contribution < 1.29 is 4.52 Å². The number of anilines is 1. The van der Waals surface area contributed by atoms with Crippen molar-refractivity contribution in [1.82, 2.24) is 10.1 Å². The van der Waals surface area contributed by atoms with Gasteiger partial charge in [-0.15, -0.1) is 11.3 Å². The maximum absolute atomic E-state index is 5.55. The average molecular weight is 307 g/mol. The van der Waals surface area contributed by atoms with E-state index in [9.17, 15) is 0 Å². The second kappa shape index (κ2) is 3.26. The molecule has 2 heterocycles. The van der Waals surface area contributed by atoms with E-state index in [0.717, 1.165) is 14.3 Å². The maximum atomic E-state index is 5.55. The molecular formula is C7H6IN3OS. The fourth-order valence-electron chi connectivity index (χ4n) is 0.918. The lowest BCUT2D eigenvalue weighted by Crippen LogP contribution is -1.86. The van der Waals surface area contributed by atoms with Crippen molar-refractivity contribution in [3.63, 3.8) is 0 Å². The van der Waals surface area contributed by atoms with Gasteiger partial charge in [0.25, 0.3) is 0 Å². The summed E-state index contributed by atoms with van der Waals surface area (Å²) < 4.78 is 5.88. The Morgan fingerprint density at radius 1 is 1.62 bits per heavy atom. The smallest absolute Gasteiger partial charge is 0.201 e. The second-order valence-electron chi connectivity index (χ2n) is 2.46. The zero-order valence-corrected chi connectivity index (χ0v) is 9.72.